The summed E-state index contributed by atoms with van der Waals surface area (Å²) in [4.78, 5) is 0. The molecule has 96 valence electrons. The van der Waals surface area contributed by atoms with Crippen molar-refractivity contribution in [2.75, 3.05) is 6.61 Å². The molecule has 0 amide bonds. The van der Waals surface area contributed by atoms with Crippen molar-refractivity contribution in [3.63, 3.8) is 0 Å². The van der Waals surface area contributed by atoms with Gasteiger partial charge >= 0.3 is 0 Å². The maximum atomic E-state index is 13.4. The number of rotatable bonds is 6. The van der Waals surface area contributed by atoms with E-state index < -0.39 is 17.7 Å². The Kier molecular flexibility index (Phi) is 5.51. The third-order valence-electron chi connectivity index (χ3n) is 2.62. The lowest BCUT2D eigenvalue weighted by atomic mass is 10.1. The SMILES string of the molecule is CCCC(C)OCC(N)c1ccc(F)cc1F. The highest BCUT2D eigenvalue weighted by Crippen LogP contribution is 2.17. The van der Waals surface area contributed by atoms with Crippen molar-refractivity contribution in [2.24, 2.45) is 5.73 Å². The molecular weight excluding hydrogens is 224 g/mol. The van der Waals surface area contributed by atoms with Crippen molar-refractivity contribution < 1.29 is 13.5 Å². The molecule has 0 fully saturated rings. The zero-order chi connectivity index (χ0) is 12.8. The van der Waals surface area contributed by atoms with Gasteiger partial charge in [0.1, 0.15) is 11.6 Å². The van der Waals surface area contributed by atoms with Crippen molar-refractivity contribution in [3.05, 3.63) is 35.4 Å². The summed E-state index contributed by atoms with van der Waals surface area (Å²) in [6.07, 6.45) is 2.08. The monoisotopic (exact) mass is 243 g/mol. The van der Waals surface area contributed by atoms with E-state index >= 15 is 0 Å². The molecule has 1 aromatic rings. The fourth-order valence-corrected chi connectivity index (χ4v) is 1.65. The van der Waals surface area contributed by atoms with E-state index in [0.29, 0.717) is 0 Å². The Morgan fingerprint density at radius 1 is 1.35 bits per heavy atom. The van der Waals surface area contributed by atoms with Crippen molar-refractivity contribution in [2.45, 2.75) is 38.8 Å². The summed E-state index contributed by atoms with van der Waals surface area (Å²) >= 11 is 0. The first-order valence-electron chi connectivity index (χ1n) is 5.86. The van der Waals surface area contributed by atoms with Gasteiger partial charge in [0.15, 0.2) is 0 Å². The quantitative estimate of drug-likeness (QED) is 0.833. The number of ether oxygens (including phenoxy) is 1. The van der Waals surface area contributed by atoms with Gasteiger partial charge in [-0.3, -0.25) is 0 Å². The van der Waals surface area contributed by atoms with Gasteiger partial charge in [-0.2, -0.15) is 0 Å². The van der Waals surface area contributed by atoms with Gasteiger partial charge in [-0.25, -0.2) is 8.78 Å². The molecule has 2 unspecified atom stereocenters. The Morgan fingerprint density at radius 2 is 2.06 bits per heavy atom. The van der Waals surface area contributed by atoms with Crippen LogP contribution in [0.1, 0.15) is 38.3 Å². The maximum absolute atomic E-state index is 13.4. The minimum atomic E-state index is -0.621. The number of hydrogen-bond donors (Lipinski definition) is 1. The molecule has 0 bridgehead atoms. The fourth-order valence-electron chi connectivity index (χ4n) is 1.65. The fraction of sp³-hybridized carbons (Fsp3) is 0.538. The molecule has 1 aromatic carbocycles. The molecule has 4 heteroatoms. The second-order valence-electron chi connectivity index (χ2n) is 4.20. The molecule has 0 aliphatic rings. The highest BCUT2D eigenvalue weighted by molar-refractivity contribution is 5.21. The molecular formula is C13H19F2NO. The van der Waals surface area contributed by atoms with E-state index in [0.717, 1.165) is 18.9 Å². The first-order chi connectivity index (χ1) is 8.04. The van der Waals surface area contributed by atoms with Crippen LogP contribution in [0.5, 0.6) is 0 Å². The third-order valence-corrected chi connectivity index (χ3v) is 2.62. The third kappa shape index (κ3) is 4.40. The average molecular weight is 243 g/mol. The predicted octanol–water partition coefficient (Wildman–Crippen LogP) is 3.17. The Bertz CT molecular complexity index is 357. The molecule has 0 aliphatic heterocycles. The second-order valence-corrected chi connectivity index (χ2v) is 4.20. The summed E-state index contributed by atoms with van der Waals surface area (Å²) in [7, 11) is 0. The highest BCUT2D eigenvalue weighted by Gasteiger charge is 2.13. The summed E-state index contributed by atoms with van der Waals surface area (Å²) in [5, 5.41) is 0. The topological polar surface area (TPSA) is 35.2 Å². The van der Waals surface area contributed by atoms with Crippen LogP contribution >= 0.6 is 0 Å². The Morgan fingerprint density at radius 3 is 2.65 bits per heavy atom. The summed E-state index contributed by atoms with van der Waals surface area (Å²) in [5.41, 5.74) is 6.09. The lowest BCUT2D eigenvalue weighted by Gasteiger charge is -2.17. The van der Waals surface area contributed by atoms with Crippen LogP contribution in [-0.2, 0) is 4.74 Å². The van der Waals surface area contributed by atoms with E-state index in [2.05, 4.69) is 6.92 Å². The molecule has 0 radical (unpaired) electrons. The van der Waals surface area contributed by atoms with Crippen molar-refractivity contribution in [3.8, 4) is 0 Å². The number of hydrogen-bond acceptors (Lipinski definition) is 2. The standard InChI is InChI=1S/C13H19F2NO/c1-3-4-9(2)17-8-13(16)11-6-5-10(14)7-12(11)15/h5-7,9,13H,3-4,8,16H2,1-2H3. The second kappa shape index (κ2) is 6.67. The van der Waals surface area contributed by atoms with Gasteiger partial charge in [-0.05, 0) is 19.4 Å². The van der Waals surface area contributed by atoms with Crippen LogP contribution in [-0.4, -0.2) is 12.7 Å². The lowest BCUT2D eigenvalue weighted by Crippen LogP contribution is -2.21. The molecule has 0 aromatic heterocycles. The van der Waals surface area contributed by atoms with Gasteiger partial charge in [0, 0.05) is 11.6 Å². The average Bonchev–Trinajstić information content (AvgIpc) is 2.26. The highest BCUT2D eigenvalue weighted by atomic mass is 19.1. The van der Waals surface area contributed by atoms with Crippen molar-refractivity contribution in [1.29, 1.82) is 0 Å². The number of benzene rings is 1. The Balaban J connectivity index is 2.54. The van der Waals surface area contributed by atoms with Crippen LogP contribution < -0.4 is 5.73 Å². The minimum Gasteiger partial charge on any atom is -0.377 e. The summed E-state index contributed by atoms with van der Waals surface area (Å²) in [6, 6.07) is 2.84. The largest absolute Gasteiger partial charge is 0.377 e. The normalized spacial score (nSPS) is 14.6. The molecule has 1 rings (SSSR count). The summed E-state index contributed by atoms with van der Waals surface area (Å²) in [5.74, 6) is -1.22. The van der Waals surface area contributed by atoms with Gasteiger partial charge < -0.3 is 10.5 Å². The zero-order valence-electron chi connectivity index (χ0n) is 10.2. The molecule has 17 heavy (non-hydrogen) atoms. The van der Waals surface area contributed by atoms with Crippen LogP contribution in [0.3, 0.4) is 0 Å². The van der Waals surface area contributed by atoms with E-state index in [1.54, 1.807) is 0 Å². The van der Waals surface area contributed by atoms with Crippen molar-refractivity contribution in [1.82, 2.24) is 0 Å². The van der Waals surface area contributed by atoms with Crippen LogP contribution in [0.25, 0.3) is 0 Å². The van der Waals surface area contributed by atoms with Crippen molar-refractivity contribution >= 4 is 0 Å². The maximum Gasteiger partial charge on any atom is 0.130 e. The van der Waals surface area contributed by atoms with Crippen LogP contribution in [0.4, 0.5) is 8.78 Å². The first-order valence-corrected chi connectivity index (χ1v) is 5.86. The number of nitrogens with two attached hydrogens (primary N) is 1. The van der Waals surface area contributed by atoms with Gasteiger partial charge in [0.25, 0.3) is 0 Å². The molecule has 2 atom stereocenters. The van der Waals surface area contributed by atoms with Crippen LogP contribution in [0.2, 0.25) is 0 Å². The summed E-state index contributed by atoms with van der Waals surface area (Å²) < 4.78 is 31.6. The molecule has 0 saturated heterocycles. The lowest BCUT2D eigenvalue weighted by molar-refractivity contribution is 0.0498. The number of halogens is 2. The van der Waals surface area contributed by atoms with E-state index in [1.807, 2.05) is 6.92 Å². The van der Waals surface area contributed by atoms with Crippen LogP contribution in [0, 0.1) is 11.6 Å². The van der Waals surface area contributed by atoms with E-state index in [-0.39, 0.29) is 18.3 Å². The van der Waals surface area contributed by atoms with E-state index in [1.165, 1.54) is 12.1 Å². The molecule has 2 N–H and O–H groups in total. The van der Waals surface area contributed by atoms with Gasteiger partial charge in [-0.1, -0.05) is 19.4 Å². The van der Waals surface area contributed by atoms with Crippen LogP contribution in [0.15, 0.2) is 18.2 Å². The van der Waals surface area contributed by atoms with Gasteiger partial charge in [0.2, 0.25) is 0 Å². The van der Waals surface area contributed by atoms with Gasteiger partial charge in [0.05, 0.1) is 18.8 Å². The molecule has 0 saturated carbocycles. The van der Waals surface area contributed by atoms with E-state index in [9.17, 15) is 8.78 Å². The van der Waals surface area contributed by atoms with E-state index in [4.69, 9.17) is 10.5 Å². The molecule has 2 nitrogen and oxygen atoms in total. The first kappa shape index (κ1) is 14.1. The Labute approximate surface area is 101 Å². The Hall–Kier alpha value is -1.00. The smallest absolute Gasteiger partial charge is 0.130 e. The predicted molar refractivity (Wildman–Crippen MR) is 63.6 cm³/mol. The summed E-state index contributed by atoms with van der Waals surface area (Å²) in [6.45, 7) is 4.26. The van der Waals surface area contributed by atoms with Gasteiger partial charge in [-0.15, -0.1) is 0 Å². The zero-order valence-corrected chi connectivity index (χ0v) is 10.2. The molecule has 0 heterocycles. The molecule has 0 spiro atoms. The minimum absolute atomic E-state index is 0.106. The molecule has 0 aliphatic carbocycles.